The number of benzene rings is 1. The topological polar surface area (TPSA) is 69.0 Å². The second kappa shape index (κ2) is 7.15. The molecule has 136 valence electrons. The minimum atomic E-state index is -0.131. The quantitative estimate of drug-likeness (QED) is 0.766. The van der Waals surface area contributed by atoms with Crippen LogP contribution in [0.3, 0.4) is 0 Å². The van der Waals surface area contributed by atoms with Crippen LogP contribution >= 0.6 is 0 Å². The number of rotatable bonds is 5. The van der Waals surface area contributed by atoms with Crippen LogP contribution in [0.5, 0.6) is 5.75 Å². The number of hydrogen-bond donors (Lipinski definition) is 1. The lowest BCUT2D eigenvalue weighted by atomic mass is 10.1. The lowest BCUT2D eigenvalue weighted by Crippen LogP contribution is -2.36. The molecule has 2 heterocycles. The van der Waals surface area contributed by atoms with Gasteiger partial charge in [-0.05, 0) is 58.0 Å². The Morgan fingerprint density at radius 3 is 2.65 bits per heavy atom. The van der Waals surface area contributed by atoms with Crippen molar-refractivity contribution in [2.24, 2.45) is 0 Å². The highest BCUT2D eigenvalue weighted by molar-refractivity contribution is 5.98. The zero-order valence-electron chi connectivity index (χ0n) is 15.8. The lowest BCUT2D eigenvalue weighted by Gasteiger charge is -2.16. The molecule has 1 N–H and O–H groups in total. The Morgan fingerprint density at radius 2 is 2.00 bits per heavy atom. The van der Waals surface area contributed by atoms with Crippen molar-refractivity contribution in [1.82, 2.24) is 20.1 Å². The largest absolute Gasteiger partial charge is 0.497 e. The number of amides is 1. The fourth-order valence-electron chi connectivity index (χ4n) is 3.07. The zero-order valence-corrected chi connectivity index (χ0v) is 15.8. The molecule has 26 heavy (non-hydrogen) atoms. The van der Waals surface area contributed by atoms with Gasteiger partial charge in [-0.3, -0.25) is 14.5 Å². The number of nitrogens with zero attached hydrogens (tertiary/aromatic N) is 3. The normalized spacial score (nSPS) is 12.2. The lowest BCUT2D eigenvalue weighted by molar-refractivity contribution is 0.0935. The Hall–Kier alpha value is -2.89. The molecule has 2 aromatic heterocycles. The van der Waals surface area contributed by atoms with E-state index in [1.165, 1.54) is 0 Å². The second-order valence-electron chi connectivity index (χ2n) is 6.66. The van der Waals surface area contributed by atoms with Crippen molar-refractivity contribution >= 4 is 16.8 Å². The van der Waals surface area contributed by atoms with E-state index in [1.54, 1.807) is 7.11 Å². The van der Waals surface area contributed by atoms with Crippen molar-refractivity contribution in [2.45, 2.75) is 40.3 Å². The Kier molecular flexibility index (Phi) is 4.93. The van der Waals surface area contributed by atoms with Crippen LogP contribution < -0.4 is 10.1 Å². The summed E-state index contributed by atoms with van der Waals surface area (Å²) in [4.78, 5) is 17.3. The molecular formula is C20H24N4O2. The van der Waals surface area contributed by atoms with E-state index < -0.39 is 0 Å². The molecule has 3 aromatic rings. The first-order valence-electron chi connectivity index (χ1n) is 8.64. The molecule has 0 fully saturated rings. The van der Waals surface area contributed by atoms with Gasteiger partial charge in [-0.15, -0.1) is 0 Å². The first-order chi connectivity index (χ1) is 12.4. The Morgan fingerprint density at radius 1 is 1.23 bits per heavy atom. The van der Waals surface area contributed by atoms with Gasteiger partial charge in [-0.2, -0.15) is 5.10 Å². The van der Waals surface area contributed by atoms with E-state index in [0.717, 1.165) is 28.0 Å². The van der Waals surface area contributed by atoms with Crippen LogP contribution in [0, 0.1) is 20.8 Å². The molecule has 6 nitrogen and oxygen atoms in total. The van der Waals surface area contributed by atoms with E-state index in [0.29, 0.717) is 17.8 Å². The molecule has 1 aromatic carbocycles. The summed E-state index contributed by atoms with van der Waals surface area (Å²) < 4.78 is 7.17. The van der Waals surface area contributed by atoms with Crippen molar-refractivity contribution in [2.75, 3.05) is 7.11 Å². The van der Waals surface area contributed by atoms with Crippen LogP contribution in [-0.2, 0) is 6.54 Å². The number of ether oxygens (including phenoxy) is 1. The molecule has 3 rings (SSSR count). The van der Waals surface area contributed by atoms with Gasteiger partial charge in [0, 0.05) is 17.1 Å². The summed E-state index contributed by atoms with van der Waals surface area (Å²) in [5.41, 5.74) is 4.18. The number of nitrogens with one attached hydrogen (secondary N) is 1. The molecule has 0 aliphatic rings. The van der Waals surface area contributed by atoms with E-state index in [1.807, 2.05) is 62.7 Å². The number of methoxy groups -OCH3 is 1. The highest BCUT2D eigenvalue weighted by Gasteiger charge is 2.15. The third-order valence-electron chi connectivity index (χ3n) is 4.38. The van der Waals surface area contributed by atoms with Crippen molar-refractivity contribution in [3.63, 3.8) is 0 Å². The summed E-state index contributed by atoms with van der Waals surface area (Å²) in [6, 6.07) is 9.49. The van der Waals surface area contributed by atoms with Crippen LogP contribution in [0.4, 0.5) is 0 Å². The van der Waals surface area contributed by atoms with E-state index in [4.69, 9.17) is 4.74 Å². The van der Waals surface area contributed by atoms with Crippen LogP contribution in [0.25, 0.3) is 10.9 Å². The monoisotopic (exact) mass is 352 g/mol. The van der Waals surface area contributed by atoms with Gasteiger partial charge < -0.3 is 10.1 Å². The van der Waals surface area contributed by atoms with Crippen LogP contribution in [0.1, 0.15) is 34.4 Å². The minimum absolute atomic E-state index is 0.0547. The maximum Gasteiger partial charge on any atom is 0.253 e. The van der Waals surface area contributed by atoms with Gasteiger partial charge in [-0.1, -0.05) is 0 Å². The van der Waals surface area contributed by atoms with E-state index in [2.05, 4.69) is 15.4 Å². The fourth-order valence-corrected chi connectivity index (χ4v) is 3.07. The van der Waals surface area contributed by atoms with Gasteiger partial charge in [0.25, 0.3) is 5.91 Å². The Labute approximate surface area is 153 Å². The molecule has 0 radical (unpaired) electrons. The minimum Gasteiger partial charge on any atom is -0.497 e. The van der Waals surface area contributed by atoms with Gasteiger partial charge >= 0.3 is 0 Å². The van der Waals surface area contributed by atoms with E-state index in [9.17, 15) is 4.79 Å². The summed E-state index contributed by atoms with van der Waals surface area (Å²) in [6.07, 6.45) is 0. The molecular weight excluding hydrogens is 328 g/mol. The molecule has 0 saturated heterocycles. The average molecular weight is 352 g/mol. The number of fused-ring (bicyclic) bond motifs is 1. The first-order valence-corrected chi connectivity index (χ1v) is 8.64. The van der Waals surface area contributed by atoms with Crippen molar-refractivity contribution in [3.8, 4) is 5.75 Å². The number of hydrogen-bond acceptors (Lipinski definition) is 4. The molecule has 0 saturated carbocycles. The predicted octanol–water partition coefficient (Wildman–Crippen LogP) is 3.18. The van der Waals surface area contributed by atoms with Gasteiger partial charge in [0.1, 0.15) is 5.75 Å². The fraction of sp³-hybridized carbons (Fsp3) is 0.350. The average Bonchev–Trinajstić information content (AvgIpc) is 2.90. The van der Waals surface area contributed by atoms with Crippen molar-refractivity contribution in [1.29, 1.82) is 0 Å². The molecule has 6 heteroatoms. The Balaban J connectivity index is 1.80. The van der Waals surface area contributed by atoms with Gasteiger partial charge in [0.05, 0.1) is 36.1 Å². The molecule has 1 atom stereocenters. The highest BCUT2D eigenvalue weighted by atomic mass is 16.5. The predicted molar refractivity (Wildman–Crippen MR) is 102 cm³/mol. The summed E-state index contributed by atoms with van der Waals surface area (Å²) in [6.45, 7) is 8.43. The highest BCUT2D eigenvalue weighted by Crippen LogP contribution is 2.22. The standard InChI is InChI=1S/C20H24N4O2/c1-12-8-14(3)24(23-12)11-13(2)21-20(25)18-10-16-9-17(26-5)6-7-19(16)22-15(18)4/h6-10,13H,11H2,1-5H3,(H,21,25)/t13-/m0/s1. The molecule has 1 amide bonds. The van der Waals surface area contributed by atoms with Crippen LogP contribution in [0.15, 0.2) is 30.3 Å². The number of carbonyl (C=O) groups excluding carboxylic acids is 1. The molecule has 0 aliphatic heterocycles. The zero-order chi connectivity index (χ0) is 18.8. The van der Waals surface area contributed by atoms with Crippen LogP contribution in [0.2, 0.25) is 0 Å². The number of aryl methyl sites for hydroxylation is 3. The third kappa shape index (κ3) is 3.69. The molecule has 0 spiro atoms. The van der Waals surface area contributed by atoms with Crippen LogP contribution in [-0.4, -0.2) is 33.8 Å². The summed E-state index contributed by atoms with van der Waals surface area (Å²) >= 11 is 0. The van der Waals surface area contributed by atoms with Crippen molar-refractivity contribution in [3.05, 3.63) is 53.0 Å². The number of pyridine rings is 1. The second-order valence-corrected chi connectivity index (χ2v) is 6.66. The van der Waals surface area contributed by atoms with Gasteiger partial charge in [-0.25, -0.2) is 0 Å². The molecule has 0 bridgehead atoms. The third-order valence-corrected chi connectivity index (χ3v) is 4.38. The SMILES string of the molecule is COc1ccc2nc(C)c(C(=O)N[C@@H](C)Cn3nc(C)cc3C)cc2c1. The van der Waals surface area contributed by atoms with Gasteiger partial charge in [0.15, 0.2) is 0 Å². The first kappa shape index (κ1) is 17.9. The maximum atomic E-state index is 12.7. The van der Waals surface area contributed by atoms with Gasteiger partial charge in [0.2, 0.25) is 0 Å². The maximum absolute atomic E-state index is 12.7. The summed E-state index contributed by atoms with van der Waals surface area (Å²) in [5.74, 6) is 0.612. The molecule has 0 aliphatic carbocycles. The number of aromatic nitrogens is 3. The Bertz CT molecular complexity index is 962. The van der Waals surface area contributed by atoms with E-state index >= 15 is 0 Å². The van der Waals surface area contributed by atoms with E-state index in [-0.39, 0.29) is 11.9 Å². The van der Waals surface area contributed by atoms with Crippen molar-refractivity contribution < 1.29 is 9.53 Å². The summed E-state index contributed by atoms with van der Waals surface area (Å²) in [5, 5.41) is 8.37. The summed E-state index contributed by atoms with van der Waals surface area (Å²) in [7, 11) is 1.62. The number of carbonyl (C=O) groups is 1. The molecule has 0 unspecified atom stereocenters. The smallest absolute Gasteiger partial charge is 0.253 e.